The molecule has 1 aromatic carbocycles. The van der Waals surface area contributed by atoms with Crippen molar-refractivity contribution < 1.29 is 0 Å². The number of rotatable bonds is 2. The van der Waals surface area contributed by atoms with E-state index in [-0.39, 0.29) is 5.56 Å². The molecule has 0 aliphatic heterocycles. The van der Waals surface area contributed by atoms with Gasteiger partial charge in [-0.15, -0.1) is 0 Å². The smallest absolute Gasteiger partial charge is 0.275 e. The summed E-state index contributed by atoms with van der Waals surface area (Å²) in [6.07, 6.45) is 2.09. The highest BCUT2D eigenvalue weighted by molar-refractivity contribution is 5.72. The van der Waals surface area contributed by atoms with E-state index in [4.69, 9.17) is 6.57 Å². The van der Waals surface area contributed by atoms with Crippen LogP contribution in [0.2, 0.25) is 0 Å². The summed E-state index contributed by atoms with van der Waals surface area (Å²) in [4.78, 5) is 20.4. The highest BCUT2D eigenvalue weighted by Gasteiger charge is 2.15. The predicted molar refractivity (Wildman–Crippen MR) is 76.9 cm³/mol. The van der Waals surface area contributed by atoms with Crippen LogP contribution in [0.5, 0.6) is 0 Å². The Morgan fingerprint density at radius 1 is 1.35 bits per heavy atom. The molecule has 0 atom stereocenters. The molecule has 2 heterocycles. The fraction of sp³-hybridized carbons (Fsp3) is 0.133. The standard InChI is InChI=1S/C15H12N4O/c1-3-11-13(10-7-5-4-6-8-10)18-14-12(16-2)9-17-19(14)15(11)20/h4-9,17H,3H2,1H3. The maximum absolute atomic E-state index is 12.5. The fourth-order valence-electron chi connectivity index (χ4n) is 2.27. The number of nitrogens with zero attached hydrogens (tertiary/aromatic N) is 3. The lowest BCUT2D eigenvalue weighted by atomic mass is 10.1. The number of H-pyrrole nitrogens is 1. The van der Waals surface area contributed by atoms with Crippen molar-refractivity contribution in [1.82, 2.24) is 14.6 Å². The Balaban J connectivity index is 2.42. The molecule has 1 N–H and O–H groups in total. The Bertz CT molecular complexity index is 869. The van der Waals surface area contributed by atoms with Gasteiger partial charge in [0, 0.05) is 17.3 Å². The molecule has 3 rings (SSSR count). The second-order valence-electron chi connectivity index (χ2n) is 4.39. The van der Waals surface area contributed by atoms with Gasteiger partial charge in [0.05, 0.1) is 12.3 Å². The summed E-state index contributed by atoms with van der Waals surface area (Å²) in [7, 11) is 0. The van der Waals surface area contributed by atoms with Crippen LogP contribution in [0, 0.1) is 6.57 Å². The summed E-state index contributed by atoms with van der Waals surface area (Å²) < 4.78 is 1.33. The molecule has 0 unspecified atom stereocenters. The predicted octanol–water partition coefficient (Wildman–Crippen LogP) is 2.80. The van der Waals surface area contributed by atoms with Gasteiger partial charge in [-0.25, -0.2) is 14.3 Å². The van der Waals surface area contributed by atoms with Crippen molar-refractivity contribution in [3.63, 3.8) is 0 Å². The van der Waals surface area contributed by atoms with Crippen LogP contribution in [0.4, 0.5) is 5.69 Å². The maximum Gasteiger partial charge on any atom is 0.275 e. The number of hydrogen-bond donors (Lipinski definition) is 1. The van der Waals surface area contributed by atoms with Gasteiger partial charge in [-0.3, -0.25) is 4.79 Å². The van der Waals surface area contributed by atoms with E-state index in [0.717, 1.165) is 5.56 Å². The minimum absolute atomic E-state index is 0.147. The van der Waals surface area contributed by atoms with Crippen LogP contribution in [-0.4, -0.2) is 14.6 Å². The quantitative estimate of drug-likeness (QED) is 0.723. The van der Waals surface area contributed by atoms with Gasteiger partial charge in [0.15, 0.2) is 5.65 Å². The molecule has 0 bridgehead atoms. The lowest BCUT2D eigenvalue weighted by Crippen LogP contribution is -2.20. The van der Waals surface area contributed by atoms with Crippen molar-refractivity contribution in [2.45, 2.75) is 13.3 Å². The van der Waals surface area contributed by atoms with E-state index in [1.165, 1.54) is 10.7 Å². The monoisotopic (exact) mass is 264 g/mol. The summed E-state index contributed by atoms with van der Waals surface area (Å²) in [5.74, 6) is 0. The SMILES string of the molecule is [C-]#[N+]c1c[nH]n2c(=O)c(CC)c(-c3ccccc3)nc12. The van der Waals surface area contributed by atoms with Crippen molar-refractivity contribution in [2.75, 3.05) is 0 Å². The summed E-state index contributed by atoms with van der Waals surface area (Å²) in [6, 6.07) is 9.57. The Morgan fingerprint density at radius 2 is 2.10 bits per heavy atom. The first-order valence-corrected chi connectivity index (χ1v) is 6.32. The van der Waals surface area contributed by atoms with Crippen molar-refractivity contribution in [3.05, 3.63) is 63.9 Å². The number of hydrogen-bond acceptors (Lipinski definition) is 2. The first-order chi connectivity index (χ1) is 9.76. The topological polar surface area (TPSA) is 54.5 Å². The van der Waals surface area contributed by atoms with E-state index in [0.29, 0.717) is 29.0 Å². The van der Waals surface area contributed by atoms with Gasteiger partial charge in [0.2, 0.25) is 5.69 Å². The zero-order valence-corrected chi connectivity index (χ0v) is 10.9. The zero-order valence-electron chi connectivity index (χ0n) is 10.9. The molecule has 0 saturated heterocycles. The molecule has 20 heavy (non-hydrogen) atoms. The van der Waals surface area contributed by atoms with Gasteiger partial charge in [-0.1, -0.05) is 37.3 Å². The molecule has 0 radical (unpaired) electrons. The van der Waals surface area contributed by atoms with Crippen LogP contribution in [0.3, 0.4) is 0 Å². The lowest BCUT2D eigenvalue weighted by molar-refractivity contribution is 0.870. The first kappa shape index (κ1) is 12.2. The highest BCUT2D eigenvalue weighted by atomic mass is 16.1. The molecule has 98 valence electrons. The van der Waals surface area contributed by atoms with E-state index < -0.39 is 0 Å². The van der Waals surface area contributed by atoms with Gasteiger partial charge < -0.3 is 5.10 Å². The number of nitrogens with one attached hydrogen (secondary N) is 1. The molecule has 2 aromatic heterocycles. The van der Waals surface area contributed by atoms with Gasteiger partial charge in [0.25, 0.3) is 5.56 Å². The molecule has 3 aromatic rings. The molecule has 5 nitrogen and oxygen atoms in total. The van der Waals surface area contributed by atoms with Gasteiger partial charge in [-0.2, -0.15) is 0 Å². The van der Waals surface area contributed by atoms with Crippen LogP contribution in [0.25, 0.3) is 21.7 Å². The summed E-state index contributed by atoms with van der Waals surface area (Å²) in [5, 5.41) is 2.79. The summed E-state index contributed by atoms with van der Waals surface area (Å²) in [5.41, 5.74) is 2.77. The molecule has 0 spiro atoms. The zero-order chi connectivity index (χ0) is 14.1. The van der Waals surface area contributed by atoms with Crippen LogP contribution in [-0.2, 0) is 6.42 Å². The number of aromatic nitrogens is 3. The fourth-order valence-corrected chi connectivity index (χ4v) is 2.27. The number of fused-ring (bicyclic) bond motifs is 1. The van der Waals surface area contributed by atoms with Crippen molar-refractivity contribution >= 4 is 11.3 Å². The molecule has 0 saturated carbocycles. The average molecular weight is 264 g/mol. The van der Waals surface area contributed by atoms with E-state index >= 15 is 0 Å². The van der Waals surface area contributed by atoms with E-state index in [2.05, 4.69) is 14.9 Å². The second kappa shape index (κ2) is 4.67. The van der Waals surface area contributed by atoms with Crippen LogP contribution >= 0.6 is 0 Å². The van der Waals surface area contributed by atoms with E-state index in [1.807, 2.05) is 37.3 Å². The summed E-state index contributed by atoms with van der Waals surface area (Å²) >= 11 is 0. The third-order valence-corrected chi connectivity index (χ3v) is 3.26. The number of benzene rings is 1. The number of aromatic amines is 1. The Labute approximate surface area is 115 Å². The molecular weight excluding hydrogens is 252 g/mol. The minimum Gasteiger partial charge on any atom is -0.308 e. The highest BCUT2D eigenvalue weighted by Crippen LogP contribution is 2.24. The van der Waals surface area contributed by atoms with Crippen molar-refractivity contribution in [3.8, 4) is 11.3 Å². The van der Waals surface area contributed by atoms with E-state index in [1.54, 1.807) is 0 Å². The van der Waals surface area contributed by atoms with Gasteiger partial charge in [0.1, 0.15) is 0 Å². The Morgan fingerprint density at radius 3 is 2.75 bits per heavy atom. The van der Waals surface area contributed by atoms with Crippen molar-refractivity contribution in [2.24, 2.45) is 0 Å². The second-order valence-corrected chi connectivity index (χ2v) is 4.39. The molecule has 5 heteroatoms. The third-order valence-electron chi connectivity index (χ3n) is 3.26. The van der Waals surface area contributed by atoms with Crippen molar-refractivity contribution in [1.29, 1.82) is 0 Å². The normalized spacial score (nSPS) is 10.6. The lowest BCUT2D eigenvalue weighted by Gasteiger charge is -2.07. The third kappa shape index (κ3) is 1.70. The maximum atomic E-state index is 12.5. The van der Waals surface area contributed by atoms with E-state index in [9.17, 15) is 4.79 Å². The molecule has 0 fully saturated rings. The minimum atomic E-state index is -0.147. The Kier molecular flexibility index (Phi) is 2.84. The van der Waals surface area contributed by atoms with Gasteiger partial charge in [-0.05, 0) is 6.42 Å². The molecule has 0 aliphatic carbocycles. The van der Waals surface area contributed by atoms with Crippen LogP contribution in [0.1, 0.15) is 12.5 Å². The molecule has 0 aliphatic rings. The molecule has 0 amide bonds. The van der Waals surface area contributed by atoms with Crippen LogP contribution < -0.4 is 5.56 Å². The average Bonchev–Trinajstić information content (AvgIpc) is 2.91. The summed E-state index contributed by atoms with van der Waals surface area (Å²) in [6.45, 7) is 9.06. The first-order valence-electron chi connectivity index (χ1n) is 6.32. The Hall–Kier alpha value is -2.87. The van der Waals surface area contributed by atoms with Crippen LogP contribution in [0.15, 0.2) is 41.3 Å². The largest absolute Gasteiger partial charge is 0.308 e. The molecular formula is C15H12N4O. The van der Waals surface area contributed by atoms with Gasteiger partial charge >= 0.3 is 0 Å².